The van der Waals surface area contributed by atoms with Crippen LogP contribution < -0.4 is 10.6 Å². The quantitative estimate of drug-likeness (QED) is 0.803. The second kappa shape index (κ2) is 6.55. The Labute approximate surface area is 129 Å². The van der Waals surface area contributed by atoms with E-state index in [0.717, 1.165) is 5.01 Å². The fourth-order valence-corrected chi connectivity index (χ4v) is 2.49. The van der Waals surface area contributed by atoms with Gasteiger partial charge in [0.05, 0.1) is 22.3 Å². The van der Waals surface area contributed by atoms with E-state index < -0.39 is 12.0 Å². The minimum absolute atomic E-state index is 0.0575. The molecule has 0 spiro atoms. The third-order valence-electron chi connectivity index (χ3n) is 2.63. The van der Waals surface area contributed by atoms with E-state index in [9.17, 15) is 9.59 Å². The van der Waals surface area contributed by atoms with Crippen LogP contribution in [-0.2, 0) is 0 Å². The molecule has 0 saturated carbocycles. The molecule has 21 heavy (non-hydrogen) atoms. The molecule has 110 valence electrons. The summed E-state index contributed by atoms with van der Waals surface area (Å²) in [5.74, 6) is -1.08. The van der Waals surface area contributed by atoms with E-state index in [1.165, 1.54) is 29.5 Å². The molecule has 1 aromatic heterocycles. The topological polar surface area (TPSA) is 91.3 Å². The molecule has 1 heterocycles. The van der Waals surface area contributed by atoms with Gasteiger partial charge in [0.1, 0.15) is 5.01 Å². The summed E-state index contributed by atoms with van der Waals surface area (Å²) in [5.41, 5.74) is 0.396. The molecule has 0 aliphatic rings. The molecule has 3 N–H and O–H groups in total. The molecule has 0 bridgehead atoms. The number of anilines is 1. The lowest BCUT2D eigenvalue weighted by Gasteiger charge is -2.13. The number of carboxylic acid groups (broad SMARTS) is 1. The smallest absolute Gasteiger partial charge is 0.335 e. The lowest BCUT2D eigenvalue weighted by Crippen LogP contribution is -2.31. The van der Waals surface area contributed by atoms with Gasteiger partial charge < -0.3 is 15.7 Å². The molecule has 0 fully saturated rings. The number of hydrogen-bond donors (Lipinski definition) is 3. The summed E-state index contributed by atoms with van der Waals surface area (Å²) >= 11 is 7.38. The van der Waals surface area contributed by atoms with E-state index in [1.807, 2.05) is 12.3 Å². The Bertz CT molecular complexity index is 661. The van der Waals surface area contributed by atoms with Gasteiger partial charge in [-0.1, -0.05) is 11.6 Å². The van der Waals surface area contributed by atoms with Crippen molar-refractivity contribution in [1.82, 2.24) is 10.3 Å². The number of aromatic nitrogens is 1. The van der Waals surface area contributed by atoms with Crippen molar-refractivity contribution in [1.29, 1.82) is 0 Å². The number of rotatable bonds is 4. The molecular formula is C13H12ClN3O3S. The second-order valence-corrected chi connectivity index (χ2v) is 5.52. The molecular weight excluding hydrogens is 314 g/mol. The van der Waals surface area contributed by atoms with Crippen LogP contribution in [0, 0.1) is 0 Å². The van der Waals surface area contributed by atoms with Gasteiger partial charge in [-0.2, -0.15) is 0 Å². The highest BCUT2D eigenvalue weighted by Crippen LogP contribution is 2.23. The molecule has 0 saturated heterocycles. The van der Waals surface area contributed by atoms with Crippen molar-refractivity contribution >= 4 is 40.6 Å². The SMILES string of the molecule is CC(NC(=O)Nc1ccc(C(=O)O)cc1Cl)c1nccs1. The van der Waals surface area contributed by atoms with E-state index in [2.05, 4.69) is 15.6 Å². The third-order valence-corrected chi connectivity index (χ3v) is 3.90. The van der Waals surface area contributed by atoms with Gasteiger partial charge in [-0.15, -0.1) is 11.3 Å². The molecule has 2 aromatic rings. The van der Waals surface area contributed by atoms with Crippen LogP contribution in [0.1, 0.15) is 28.3 Å². The molecule has 2 amide bonds. The van der Waals surface area contributed by atoms with Crippen LogP contribution in [-0.4, -0.2) is 22.1 Å². The highest BCUT2D eigenvalue weighted by Gasteiger charge is 2.13. The highest BCUT2D eigenvalue weighted by atomic mass is 35.5. The molecule has 0 aliphatic carbocycles. The van der Waals surface area contributed by atoms with Crippen molar-refractivity contribution in [3.8, 4) is 0 Å². The predicted molar refractivity (Wildman–Crippen MR) is 81.1 cm³/mol. The second-order valence-electron chi connectivity index (χ2n) is 4.19. The maximum Gasteiger partial charge on any atom is 0.335 e. The van der Waals surface area contributed by atoms with Crippen molar-refractivity contribution < 1.29 is 14.7 Å². The van der Waals surface area contributed by atoms with E-state index in [0.29, 0.717) is 5.69 Å². The minimum atomic E-state index is -1.08. The summed E-state index contributed by atoms with van der Waals surface area (Å²) in [6.07, 6.45) is 1.66. The van der Waals surface area contributed by atoms with Gasteiger partial charge in [0.25, 0.3) is 0 Å². The maximum absolute atomic E-state index is 11.9. The summed E-state index contributed by atoms with van der Waals surface area (Å²) < 4.78 is 0. The highest BCUT2D eigenvalue weighted by molar-refractivity contribution is 7.09. The largest absolute Gasteiger partial charge is 0.478 e. The summed E-state index contributed by atoms with van der Waals surface area (Å²) in [7, 11) is 0. The molecule has 8 heteroatoms. The first-order valence-corrected chi connectivity index (χ1v) is 7.23. The summed E-state index contributed by atoms with van der Waals surface area (Å²) in [5, 5.41) is 16.9. The number of nitrogens with zero attached hydrogens (tertiary/aromatic N) is 1. The number of urea groups is 1. The summed E-state index contributed by atoms with van der Waals surface area (Å²) in [4.78, 5) is 26.8. The molecule has 0 radical (unpaired) electrons. The number of carbonyl (C=O) groups is 2. The van der Waals surface area contributed by atoms with Gasteiger partial charge in [-0.05, 0) is 25.1 Å². The van der Waals surface area contributed by atoms with Gasteiger partial charge in [-0.25, -0.2) is 14.6 Å². The Morgan fingerprint density at radius 3 is 2.76 bits per heavy atom. The molecule has 1 atom stereocenters. The summed E-state index contributed by atoms with van der Waals surface area (Å²) in [6.45, 7) is 1.81. The van der Waals surface area contributed by atoms with E-state index in [4.69, 9.17) is 16.7 Å². The number of nitrogens with one attached hydrogen (secondary N) is 2. The number of thiazole rings is 1. The third kappa shape index (κ3) is 3.93. The first kappa shape index (κ1) is 15.3. The first-order valence-electron chi connectivity index (χ1n) is 5.97. The molecule has 1 unspecified atom stereocenters. The van der Waals surface area contributed by atoms with Gasteiger partial charge in [0.2, 0.25) is 0 Å². The number of carboxylic acids is 1. The monoisotopic (exact) mass is 325 g/mol. The Morgan fingerprint density at radius 2 is 2.19 bits per heavy atom. The number of amides is 2. The van der Waals surface area contributed by atoms with Crippen molar-refractivity contribution in [3.63, 3.8) is 0 Å². The van der Waals surface area contributed by atoms with Crippen LogP contribution in [0.5, 0.6) is 0 Å². The van der Waals surface area contributed by atoms with Crippen LogP contribution in [0.25, 0.3) is 0 Å². The van der Waals surface area contributed by atoms with Gasteiger partial charge >= 0.3 is 12.0 Å². The van der Waals surface area contributed by atoms with Crippen molar-refractivity contribution in [2.24, 2.45) is 0 Å². The van der Waals surface area contributed by atoms with Gasteiger partial charge in [0, 0.05) is 11.6 Å². The Hall–Kier alpha value is -2.12. The van der Waals surface area contributed by atoms with Gasteiger partial charge in [-0.3, -0.25) is 0 Å². The Morgan fingerprint density at radius 1 is 1.43 bits per heavy atom. The number of halogens is 1. The minimum Gasteiger partial charge on any atom is -0.478 e. The fourth-order valence-electron chi connectivity index (χ4n) is 1.61. The van der Waals surface area contributed by atoms with Crippen LogP contribution in [0.4, 0.5) is 10.5 Å². The molecule has 1 aromatic carbocycles. The van der Waals surface area contributed by atoms with Crippen LogP contribution >= 0.6 is 22.9 Å². The van der Waals surface area contributed by atoms with Crippen molar-refractivity contribution in [3.05, 3.63) is 45.4 Å². The van der Waals surface area contributed by atoms with Crippen LogP contribution in [0.15, 0.2) is 29.8 Å². The number of carbonyl (C=O) groups excluding carboxylic acids is 1. The Kier molecular flexibility index (Phi) is 4.77. The van der Waals surface area contributed by atoms with E-state index in [1.54, 1.807) is 6.20 Å². The first-order chi connectivity index (χ1) is 9.97. The number of benzene rings is 1. The lowest BCUT2D eigenvalue weighted by atomic mass is 10.2. The number of hydrogen-bond acceptors (Lipinski definition) is 4. The zero-order chi connectivity index (χ0) is 15.4. The average Bonchev–Trinajstić information content (AvgIpc) is 2.94. The maximum atomic E-state index is 11.9. The predicted octanol–water partition coefficient (Wildman–Crippen LogP) is 3.38. The fraction of sp³-hybridized carbons (Fsp3) is 0.154. The zero-order valence-corrected chi connectivity index (χ0v) is 12.5. The van der Waals surface area contributed by atoms with Crippen LogP contribution in [0.2, 0.25) is 5.02 Å². The van der Waals surface area contributed by atoms with E-state index >= 15 is 0 Å². The van der Waals surface area contributed by atoms with Crippen LogP contribution in [0.3, 0.4) is 0 Å². The van der Waals surface area contributed by atoms with E-state index in [-0.39, 0.29) is 16.6 Å². The molecule has 0 aliphatic heterocycles. The van der Waals surface area contributed by atoms with Crippen molar-refractivity contribution in [2.75, 3.05) is 5.32 Å². The zero-order valence-electron chi connectivity index (χ0n) is 11.0. The molecule has 2 rings (SSSR count). The normalized spacial score (nSPS) is 11.7. The Balaban J connectivity index is 2.01. The standard InChI is InChI=1S/C13H12ClN3O3S/c1-7(11-15-4-5-21-11)16-13(20)17-10-3-2-8(12(18)19)6-9(10)14/h2-7H,1H3,(H,18,19)(H2,16,17,20). The average molecular weight is 326 g/mol. The number of aromatic carboxylic acids is 1. The van der Waals surface area contributed by atoms with Crippen molar-refractivity contribution in [2.45, 2.75) is 13.0 Å². The summed E-state index contributed by atoms with van der Waals surface area (Å²) in [6, 6.07) is 3.42. The molecule has 6 nitrogen and oxygen atoms in total. The lowest BCUT2D eigenvalue weighted by molar-refractivity contribution is 0.0697. The van der Waals surface area contributed by atoms with Gasteiger partial charge in [0.15, 0.2) is 0 Å².